The lowest BCUT2D eigenvalue weighted by Gasteiger charge is -2.36. The fourth-order valence-corrected chi connectivity index (χ4v) is 1.88. The highest BCUT2D eigenvalue weighted by molar-refractivity contribution is 7.86. The maximum atomic E-state index is 10.9. The van der Waals surface area contributed by atoms with E-state index in [1.165, 1.54) is 7.11 Å². The highest BCUT2D eigenvalue weighted by atomic mass is 32.2. The normalized spacial score (nSPS) is 37.9. The van der Waals surface area contributed by atoms with Crippen LogP contribution in [0.4, 0.5) is 0 Å². The van der Waals surface area contributed by atoms with Gasteiger partial charge < -0.3 is 19.7 Å². The van der Waals surface area contributed by atoms with Crippen molar-refractivity contribution in [1.29, 1.82) is 0 Å². The number of methoxy groups -OCH3 is 1. The van der Waals surface area contributed by atoms with Crippen LogP contribution in [0.25, 0.3) is 0 Å². The molecule has 0 bridgehead atoms. The third-order valence-electron chi connectivity index (χ3n) is 1.95. The minimum absolute atomic E-state index is 0.136. The predicted molar refractivity (Wildman–Crippen MR) is 48.5 cm³/mol. The minimum atomic E-state index is -3.75. The summed E-state index contributed by atoms with van der Waals surface area (Å²) in [4.78, 5) is 0. The van der Waals surface area contributed by atoms with E-state index < -0.39 is 34.7 Å². The van der Waals surface area contributed by atoms with Gasteiger partial charge in [-0.25, -0.2) is 0 Å². The minimum Gasteiger partial charge on any atom is -0.388 e. The summed E-state index contributed by atoms with van der Waals surface area (Å²) < 4.78 is 36.1. The molecule has 1 rings (SSSR count). The van der Waals surface area contributed by atoms with E-state index >= 15 is 0 Å². The average Bonchev–Trinajstić information content (AvgIpc) is 2.11. The van der Waals surface area contributed by atoms with Crippen molar-refractivity contribution in [1.82, 2.24) is 0 Å². The Hall–Kier alpha value is -0.250. The van der Waals surface area contributed by atoms with Gasteiger partial charge in [-0.1, -0.05) is 0 Å². The van der Waals surface area contributed by atoms with Gasteiger partial charge >= 0.3 is 0 Å². The first kappa shape index (κ1) is 12.8. The second-order valence-corrected chi connectivity index (χ2v) is 4.86. The van der Waals surface area contributed by atoms with E-state index in [0.717, 1.165) is 6.26 Å². The molecule has 1 aliphatic heterocycles. The molecule has 0 saturated carbocycles. The lowest BCUT2D eigenvalue weighted by Crippen LogP contribution is -2.55. The van der Waals surface area contributed by atoms with Crippen LogP contribution in [0.15, 0.2) is 0 Å². The van der Waals surface area contributed by atoms with E-state index in [4.69, 9.17) is 9.47 Å². The lowest BCUT2D eigenvalue weighted by molar-refractivity contribution is -0.253. The molecule has 8 heteroatoms. The van der Waals surface area contributed by atoms with Crippen molar-refractivity contribution in [2.24, 2.45) is 0 Å². The third-order valence-corrected chi connectivity index (χ3v) is 2.52. The molecule has 4 atom stereocenters. The summed E-state index contributed by atoms with van der Waals surface area (Å²) in [5.41, 5.74) is 0. The summed E-state index contributed by atoms with van der Waals surface area (Å²) in [6.45, 7) is -0.136. The summed E-state index contributed by atoms with van der Waals surface area (Å²) in [7, 11) is -2.47. The van der Waals surface area contributed by atoms with Gasteiger partial charge in [0.25, 0.3) is 10.1 Å². The molecule has 0 aromatic rings. The van der Waals surface area contributed by atoms with Crippen LogP contribution in [-0.4, -0.2) is 63.2 Å². The molecule has 0 radical (unpaired) electrons. The highest BCUT2D eigenvalue weighted by Gasteiger charge is 2.41. The van der Waals surface area contributed by atoms with Gasteiger partial charge in [0.05, 0.1) is 12.9 Å². The molecule has 0 amide bonds. The van der Waals surface area contributed by atoms with E-state index in [2.05, 4.69) is 4.18 Å². The van der Waals surface area contributed by atoms with Gasteiger partial charge in [-0.15, -0.1) is 0 Å². The van der Waals surface area contributed by atoms with Crippen molar-refractivity contribution in [2.75, 3.05) is 20.0 Å². The zero-order valence-electron chi connectivity index (χ0n) is 8.36. The Labute approximate surface area is 87.7 Å². The highest BCUT2D eigenvalue weighted by Crippen LogP contribution is 2.20. The standard InChI is InChI=1S/C7H14O7S/c1-12-7-6(14-15(2,10)11)5(9)4(8)3-13-7/h4-9H,3H2,1-2H3/t4-,5-,6+,7+/m1/s1. The van der Waals surface area contributed by atoms with E-state index in [9.17, 15) is 18.6 Å². The molecular formula is C7H14O7S. The number of hydrogen-bond acceptors (Lipinski definition) is 7. The smallest absolute Gasteiger partial charge is 0.264 e. The van der Waals surface area contributed by atoms with Crippen molar-refractivity contribution in [3.63, 3.8) is 0 Å². The second kappa shape index (κ2) is 4.73. The molecule has 0 unspecified atom stereocenters. The zero-order chi connectivity index (χ0) is 11.6. The third kappa shape index (κ3) is 3.37. The first-order valence-corrected chi connectivity index (χ1v) is 6.05. The Bertz CT molecular complexity index is 298. The van der Waals surface area contributed by atoms with Crippen LogP contribution in [0.5, 0.6) is 0 Å². The molecule has 7 nitrogen and oxygen atoms in total. The fraction of sp³-hybridized carbons (Fsp3) is 1.00. The first-order chi connectivity index (χ1) is 6.85. The van der Waals surface area contributed by atoms with Crippen LogP contribution in [0, 0.1) is 0 Å². The van der Waals surface area contributed by atoms with Gasteiger partial charge in [0.15, 0.2) is 12.4 Å². The summed E-state index contributed by atoms with van der Waals surface area (Å²) in [6, 6.07) is 0. The average molecular weight is 242 g/mol. The molecule has 0 spiro atoms. The molecule has 2 N–H and O–H groups in total. The Balaban J connectivity index is 2.78. The molecule has 0 aromatic carbocycles. The van der Waals surface area contributed by atoms with Crippen molar-refractivity contribution in [3.8, 4) is 0 Å². The summed E-state index contributed by atoms with van der Waals surface area (Å²) in [5, 5.41) is 18.8. The van der Waals surface area contributed by atoms with Crippen LogP contribution in [0.2, 0.25) is 0 Å². The second-order valence-electron chi connectivity index (χ2n) is 3.26. The van der Waals surface area contributed by atoms with Crippen LogP contribution in [0.1, 0.15) is 0 Å². The molecule has 0 aliphatic carbocycles. The van der Waals surface area contributed by atoms with Crippen LogP contribution < -0.4 is 0 Å². The number of aliphatic hydroxyl groups excluding tert-OH is 2. The van der Waals surface area contributed by atoms with E-state index in [1.807, 2.05) is 0 Å². The topological polar surface area (TPSA) is 102 Å². The van der Waals surface area contributed by atoms with Crippen molar-refractivity contribution >= 4 is 10.1 Å². The maximum Gasteiger partial charge on any atom is 0.264 e. The fourth-order valence-electron chi connectivity index (χ4n) is 1.27. The SMILES string of the molecule is CO[C@H]1OC[C@@H](O)[C@@H](O)[C@@H]1OS(C)(=O)=O. The van der Waals surface area contributed by atoms with Gasteiger partial charge in [-0.2, -0.15) is 8.42 Å². The lowest BCUT2D eigenvalue weighted by atomic mass is 10.1. The zero-order valence-corrected chi connectivity index (χ0v) is 9.18. The van der Waals surface area contributed by atoms with Crippen molar-refractivity contribution < 1.29 is 32.3 Å². The van der Waals surface area contributed by atoms with Gasteiger partial charge in [-0.3, -0.25) is 4.18 Å². The maximum absolute atomic E-state index is 10.9. The molecule has 15 heavy (non-hydrogen) atoms. The predicted octanol–water partition coefficient (Wildman–Crippen LogP) is -1.94. The molecule has 90 valence electrons. The number of rotatable bonds is 3. The Morgan fingerprint density at radius 3 is 2.47 bits per heavy atom. The van der Waals surface area contributed by atoms with Gasteiger partial charge in [0.1, 0.15) is 12.2 Å². The Morgan fingerprint density at radius 1 is 1.40 bits per heavy atom. The van der Waals surface area contributed by atoms with Crippen molar-refractivity contribution in [2.45, 2.75) is 24.6 Å². The van der Waals surface area contributed by atoms with Crippen molar-refractivity contribution in [3.05, 3.63) is 0 Å². The summed E-state index contributed by atoms with van der Waals surface area (Å²) in [6.07, 6.45) is -3.98. The quantitative estimate of drug-likeness (QED) is 0.555. The van der Waals surface area contributed by atoms with E-state index in [-0.39, 0.29) is 6.61 Å². The number of ether oxygens (including phenoxy) is 2. The Morgan fingerprint density at radius 2 is 2.00 bits per heavy atom. The van der Waals surface area contributed by atoms with Crippen LogP contribution in [0.3, 0.4) is 0 Å². The Kier molecular flexibility index (Phi) is 4.04. The van der Waals surface area contributed by atoms with E-state index in [0.29, 0.717) is 0 Å². The monoisotopic (exact) mass is 242 g/mol. The first-order valence-electron chi connectivity index (χ1n) is 4.24. The number of hydrogen-bond donors (Lipinski definition) is 2. The van der Waals surface area contributed by atoms with Gasteiger partial charge in [0.2, 0.25) is 0 Å². The molecular weight excluding hydrogens is 228 g/mol. The summed E-state index contributed by atoms with van der Waals surface area (Å²) in [5.74, 6) is 0. The molecule has 1 heterocycles. The molecule has 1 aliphatic rings. The largest absolute Gasteiger partial charge is 0.388 e. The molecule has 0 aromatic heterocycles. The van der Waals surface area contributed by atoms with Gasteiger partial charge in [-0.05, 0) is 0 Å². The van der Waals surface area contributed by atoms with Crippen LogP contribution >= 0.6 is 0 Å². The number of aliphatic hydroxyl groups is 2. The molecule has 1 fully saturated rings. The van der Waals surface area contributed by atoms with Crippen LogP contribution in [-0.2, 0) is 23.8 Å². The molecule has 1 saturated heterocycles. The van der Waals surface area contributed by atoms with E-state index in [1.54, 1.807) is 0 Å². The van der Waals surface area contributed by atoms with Gasteiger partial charge in [0, 0.05) is 7.11 Å². The summed E-state index contributed by atoms with van der Waals surface area (Å²) >= 11 is 0.